The number of hydrogen-bond donors (Lipinski definition) is 3. The highest BCUT2D eigenvalue weighted by Gasteiger charge is 2.19. The predicted molar refractivity (Wildman–Crippen MR) is 101 cm³/mol. The van der Waals surface area contributed by atoms with E-state index in [1.54, 1.807) is 6.07 Å². The molecule has 0 radical (unpaired) electrons. The van der Waals surface area contributed by atoms with Gasteiger partial charge in [-0.25, -0.2) is 0 Å². The van der Waals surface area contributed by atoms with Crippen LogP contribution in [0.1, 0.15) is 62.1 Å². The van der Waals surface area contributed by atoms with Crippen LogP contribution in [0.2, 0.25) is 0 Å². The Labute approximate surface area is 150 Å². The third kappa shape index (κ3) is 6.44. The summed E-state index contributed by atoms with van der Waals surface area (Å²) in [5.74, 6) is 1.90. The van der Waals surface area contributed by atoms with Crippen molar-refractivity contribution in [2.24, 2.45) is 10.9 Å². The Bertz CT molecular complexity index is 568. The first-order chi connectivity index (χ1) is 12.1. The summed E-state index contributed by atoms with van der Waals surface area (Å²) in [6.45, 7) is 8.37. The minimum absolute atomic E-state index is 0.160. The molecule has 1 saturated carbocycles. The van der Waals surface area contributed by atoms with Crippen molar-refractivity contribution in [3.8, 4) is 0 Å². The highest BCUT2D eigenvalue weighted by molar-refractivity contribution is 5.92. The zero-order chi connectivity index (χ0) is 18.1. The van der Waals surface area contributed by atoms with E-state index in [0.29, 0.717) is 24.9 Å². The average Bonchev–Trinajstić information content (AvgIpc) is 3.00. The van der Waals surface area contributed by atoms with Crippen molar-refractivity contribution in [1.82, 2.24) is 16.0 Å². The van der Waals surface area contributed by atoms with Crippen molar-refractivity contribution in [1.29, 1.82) is 0 Å². The molecule has 2 rings (SSSR count). The number of aliphatic imine (C=N–C) groups is 1. The average molecular weight is 348 g/mol. The van der Waals surface area contributed by atoms with E-state index in [4.69, 9.17) is 4.42 Å². The highest BCUT2D eigenvalue weighted by Crippen LogP contribution is 2.23. The first-order valence-corrected chi connectivity index (χ1v) is 9.47. The van der Waals surface area contributed by atoms with Crippen LogP contribution in [0.5, 0.6) is 0 Å². The van der Waals surface area contributed by atoms with Crippen molar-refractivity contribution in [2.45, 2.75) is 58.9 Å². The lowest BCUT2D eigenvalue weighted by Crippen LogP contribution is -2.45. The second-order valence-corrected chi connectivity index (χ2v) is 6.92. The monoisotopic (exact) mass is 348 g/mol. The molecule has 1 fully saturated rings. The van der Waals surface area contributed by atoms with Gasteiger partial charge in [0.25, 0.3) is 5.91 Å². The van der Waals surface area contributed by atoms with E-state index in [1.165, 1.54) is 31.9 Å². The Morgan fingerprint density at radius 2 is 2.20 bits per heavy atom. The summed E-state index contributed by atoms with van der Waals surface area (Å²) in [6, 6.07) is 2.31. The number of rotatable bonds is 7. The first-order valence-electron chi connectivity index (χ1n) is 9.47. The van der Waals surface area contributed by atoms with E-state index in [2.05, 4.69) is 34.8 Å². The fourth-order valence-electron chi connectivity index (χ4n) is 3.24. The van der Waals surface area contributed by atoms with E-state index in [1.807, 2.05) is 6.92 Å². The van der Waals surface area contributed by atoms with Crippen molar-refractivity contribution >= 4 is 11.9 Å². The Morgan fingerprint density at radius 1 is 1.36 bits per heavy atom. The molecule has 6 nitrogen and oxygen atoms in total. The molecule has 1 aliphatic rings. The molecule has 6 heteroatoms. The fourth-order valence-corrected chi connectivity index (χ4v) is 3.24. The molecule has 0 saturated heterocycles. The van der Waals surface area contributed by atoms with Gasteiger partial charge in [-0.2, -0.15) is 0 Å². The minimum Gasteiger partial charge on any atom is -0.459 e. The van der Waals surface area contributed by atoms with Gasteiger partial charge in [-0.3, -0.25) is 9.79 Å². The number of hydrogen-bond acceptors (Lipinski definition) is 3. The number of carbonyl (C=O) groups excluding carboxylic acids is 1. The van der Waals surface area contributed by atoms with E-state index in [-0.39, 0.29) is 5.91 Å². The molecule has 1 aromatic rings. The zero-order valence-electron chi connectivity index (χ0n) is 15.7. The number of nitrogens with zero attached hydrogens (tertiary/aromatic N) is 1. The molecular weight excluding hydrogens is 316 g/mol. The van der Waals surface area contributed by atoms with Crippen molar-refractivity contribution in [2.75, 3.05) is 19.6 Å². The molecule has 140 valence electrons. The third-order valence-corrected chi connectivity index (χ3v) is 4.58. The van der Waals surface area contributed by atoms with E-state index in [0.717, 1.165) is 30.4 Å². The summed E-state index contributed by atoms with van der Waals surface area (Å²) in [6.07, 6.45) is 7.38. The van der Waals surface area contributed by atoms with Gasteiger partial charge in [-0.05, 0) is 45.1 Å². The van der Waals surface area contributed by atoms with Gasteiger partial charge < -0.3 is 20.4 Å². The second kappa shape index (κ2) is 10.1. The largest absolute Gasteiger partial charge is 0.459 e. The van der Waals surface area contributed by atoms with Gasteiger partial charge in [0.2, 0.25) is 0 Å². The lowest BCUT2D eigenvalue weighted by molar-refractivity contribution is 0.0925. The normalized spacial score (nSPS) is 21.0. The Balaban J connectivity index is 1.71. The van der Waals surface area contributed by atoms with Crippen molar-refractivity contribution < 1.29 is 9.21 Å². The van der Waals surface area contributed by atoms with Crippen LogP contribution in [-0.2, 0) is 0 Å². The summed E-state index contributed by atoms with van der Waals surface area (Å²) >= 11 is 0. The van der Waals surface area contributed by atoms with Gasteiger partial charge in [0.15, 0.2) is 11.7 Å². The Hall–Kier alpha value is -1.98. The van der Waals surface area contributed by atoms with Gasteiger partial charge in [0, 0.05) is 31.2 Å². The minimum atomic E-state index is -0.160. The summed E-state index contributed by atoms with van der Waals surface area (Å²) < 4.78 is 5.19. The molecular formula is C19H32N4O2. The lowest BCUT2D eigenvalue weighted by atomic mass is 9.87. The van der Waals surface area contributed by atoms with Crippen molar-refractivity contribution in [3.63, 3.8) is 0 Å². The number of guanidine groups is 1. The van der Waals surface area contributed by atoms with E-state index >= 15 is 0 Å². The third-order valence-electron chi connectivity index (χ3n) is 4.58. The van der Waals surface area contributed by atoms with Crippen LogP contribution in [0.3, 0.4) is 0 Å². The maximum atomic E-state index is 12.0. The molecule has 25 heavy (non-hydrogen) atoms. The Morgan fingerprint density at radius 3 is 2.88 bits per heavy atom. The zero-order valence-corrected chi connectivity index (χ0v) is 15.7. The molecule has 2 atom stereocenters. The number of carbonyl (C=O) groups is 1. The van der Waals surface area contributed by atoms with Gasteiger partial charge in [-0.15, -0.1) is 0 Å². The van der Waals surface area contributed by atoms with Crippen molar-refractivity contribution in [3.05, 3.63) is 23.7 Å². The highest BCUT2D eigenvalue weighted by atomic mass is 16.3. The van der Waals surface area contributed by atoms with Crippen LogP contribution in [0, 0.1) is 12.8 Å². The van der Waals surface area contributed by atoms with E-state index < -0.39 is 0 Å². The second-order valence-electron chi connectivity index (χ2n) is 6.92. The lowest BCUT2D eigenvalue weighted by Gasteiger charge is -2.28. The smallest absolute Gasteiger partial charge is 0.287 e. The van der Waals surface area contributed by atoms with Crippen LogP contribution >= 0.6 is 0 Å². The van der Waals surface area contributed by atoms with Gasteiger partial charge in [-0.1, -0.05) is 19.8 Å². The molecule has 0 spiro atoms. The summed E-state index contributed by atoms with van der Waals surface area (Å²) in [4.78, 5) is 16.6. The number of furan rings is 1. The maximum absolute atomic E-state index is 12.0. The fraction of sp³-hybridized carbons (Fsp3) is 0.684. The molecule has 3 N–H and O–H groups in total. The van der Waals surface area contributed by atoms with Crippen LogP contribution in [0.4, 0.5) is 0 Å². The van der Waals surface area contributed by atoms with Gasteiger partial charge in [0.1, 0.15) is 0 Å². The van der Waals surface area contributed by atoms with Crippen LogP contribution in [0.25, 0.3) is 0 Å². The topological polar surface area (TPSA) is 78.7 Å². The quantitative estimate of drug-likeness (QED) is 0.402. The molecule has 2 unspecified atom stereocenters. The molecule has 1 heterocycles. The number of aryl methyl sites for hydroxylation is 1. The SMILES string of the molecule is CCNC(=NCCCNC(=O)c1occc1C)NC1CCCC(C)C1. The molecule has 1 amide bonds. The summed E-state index contributed by atoms with van der Waals surface area (Å²) in [7, 11) is 0. The maximum Gasteiger partial charge on any atom is 0.287 e. The molecule has 0 aliphatic heterocycles. The van der Waals surface area contributed by atoms with Gasteiger partial charge >= 0.3 is 0 Å². The van der Waals surface area contributed by atoms with Gasteiger partial charge in [0.05, 0.1) is 6.26 Å². The van der Waals surface area contributed by atoms with E-state index in [9.17, 15) is 4.79 Å². The predicted octanol–water partition coefficient (Wildman–Crippen LogP) is 2.84. The van der Waals surface area contributed by atoms with Crippen LogP contribution in [0.15, 0.2) is 21.7 Å². The molecule has 1 aliphatic carbocycles. The Kier molecular flexibility index (Phi) is 7.82. The number of nitrogens with one attached hydrogen (secondary N) is 3. The summed E-state index contributed by atoms with van der Waals surface area (Å²) in [5, 5.41) is 9.74. The molecule has 0 aromatic carbocycles. The van der Waals surface area contributed by atoms with Crippen LogP contribution < -0.4 is 16.0 Å². The molecule has 0 bridgehead atoms. The number of amides is 1. The molecule has 1 aromatic heterocycles. The summed E-state index contributed by atoms with van der Waals surface area (Å²) in [5.41, 5.74) is 0.857. The first kappa shape index (κ1) is 19.3. The van der Waals surface area contributed by atoms with Crippen LogP contribution in [-0.4, -0.2) is 37.5 Å². The standard InChI is InChI=1S/C19H32N4O2/c1-4-20-19(23-16-8-5-7-14(2)13-16)22-11-6-10-21-18(24)17-15(3)9-12-25-17/h9,12,14,16H,4-8,10-11,13H2,1-3H3,(H,21,24)(H2,20,22,23).